The minimum Gasteiger partial charge on any atom is -0.455 e. The van der Waals surface area contributed by atoms with Gasteiger partial charge >= 0.3 is 0 Å². The molecule has 0 spiro atoms. The molecule has 2 aliphatic rings. The largest absolute Gasteiger partial charge is 0.455 e. The van der Waals surface area contributed by atoms with Crippen molar-refractivity contribution in [1.82, 2.24) is 14.7 Å². The fraction of sp³-hybridized carbons (Fsp3) is 0.371. The van der Waals surface area contributed by atoms with Gasteiger partial charge in [-0.3, -0.25) is 19.2 Å². The molecule has 0 aliphatic carbocycles. The number of likely N-dealkylation sites (N-methyl/N-ethyl adjacent to an activating group) is 2. The van der Waals surface area contributed by atoms with E-state index in [1.54, 1.807) is 17.0 Å². The lowest BCUT2D eigenvalue weighted by atomic mass is 10.00. The van der Waals surface area contributed by atoms with Gasteiger partial charge in [-0.15, -0.1) is 0 Å². The molecule has 0 saturated carbocycles. The minimum atomic E-state index is -3.18. The third-order valence-electron chi connectivity index (χ3n) is 8.10. The summed E-state index contributed by atoms with van der Waals surface area (Å²) in [5.74, 6) is -2.41. The number of fused-ring (bicyclic) bond motifs is 1. The SMILES string of the molecule is [2H]C([2H])([2H])c1cc(C(=O)Nc2cc3c(cc2Oc2cc(C)cc(C)c2)C(=O)N(C)[C@@H](CC(=O)N2CCN(C)CC2)C(=O)N3)c(Br)c(C([2H])([2H])[2H])c1C([2H])([2H])[2H]. The van der Waals surface area contributed by atoms with Gasteiger partial charge in [-0.1, -0.05) is 6.07 Å². The van der Waals surface area contributed by atoms with Crippen LogP contribution in [0.3, 0.4) is 0 Å². The molecule has 0 unspecified atom stereocenters. The van der Waals surface area contributed by atoms with E-state index in [9.17, 15) is 19.2 Å². The molecule has 46 heavy (non-hydrogen) atoms. The summed E-state index contributed by atoms with van der Waals surface area (Å²) in [5, 5.41) is 5.29. The highest BCUT2D eigenvalue weighted by Gasteiger charge is 2.37. The van der Waals surface area contributed by atoms with E-state index in [-0.39, 0.29) is 35.0 Å². The zero-order valence-electron chi connectivity index (χ0n) is 34.8. The van der Waals surface area contributed by atoms with Crippen LogP contribution in [-0.2, 0) is 9.59 Å². The smallest absolute Gasteiger partial charge is 0.256 e. The second-order valence-corrected chi connectivity index (χ2v) is 12.4. The van der Waals surface area contributed by atoms with Gasteiger partial charge in [0.15, 0.2) is 5.75 Å². The fourth-order valence-corrected chi connectivity index (χ4v) is 5.97. The minimum absolute atomic E-state index is 0.0274. The molecule has 2 N–H and O–H groups in total. The summed E-state index contributed by atoms with van der Waals surface area (Å²) in [6.45, 7) is -3.55. The molecule has 10 nitrogen and oxygen atoms in total. The van der Waals surface area contributed by atoms with Gasteiger partial charge in [0.2, 0.25) is 11.8 Å². The number of nitrogens with one attached hydrogen (secondary N) is 2. The van der Waals surface area contributed by atoms with Gasteiger partial charge < -0.3 is 30.1 Å². The van der Waals surface area contributed by atoms with Gasteiger partial charge in [-0.05, 0) is 116 Å². The van der Waals surface area contributed by atoms with Crippen LogP contribution in [0.2, 0.25) is 0 Å². The van der Waals surface area contributed by atoms with E-state index in [2.05, 4.69) is 31.5 Å². The van der Waals surface area contributed by atoms with E-state index in [1.807, 2.05) is 27.0 Å². The Morgan fingerprint density at radius 3 is 2.33 bits per heavy atom. The van der Waals surface area contributed by atoms with Gasteiger partial charge in [-0.2, -0.15) is 0 Å². The quantitative estimate of drug-likeness (QED) is 0.347. The van der Waals surface area contributed by atoms with E-state index in [0.717, 1.165) is 17.2 Å². The number of carbonyl (C=O) groups is 4. The van der Waals surface area contributed by atoms with Crippen LogP contribution in [0.5, 0.6) is 11.5 Å². The number of ether oxygens (including phenoxy) is 1. The second kappa shape index (κ2) is 13.3. The predicted octanol–water partition coefficient (Wildman–Crippen LogP) is 5.59. The van der Waals surface area contributed by atoms with Crippen LogP contribution < -0.4 is 15.4 Å². The van der Waals surface area contributed by atoms with E-state index in [0.29, 0.717) is 31.9 Å². The Morgan fingerprint density at radius 1 is 0.978 bits per heavy atom. The number of hydrogen-bond acceptors (Lipinski definition) is 6. The van der Waals surface area contributed by atoms with Gasteiger partial charge in [0.25, 0.3) is 11.8 Å². The van der Waals surface area contributed by atoms with Crippen LogP contribution in [0.4, 0.5) is 11.4 Å². The summed E-state index contributed by atoms with van der Waals surface area (Å²) in [7, 11) is 3.35. The lowest BCUT2D eigenvalue weighted by Crippen LogP contribution is -2.50. The summed E-state index contributed by atoms with van der Waals surface area (Å²) in [4.78, 5) is 59.9. The average Bonchev–Trinajstić information content (AvgIpc) is 3.12. The number of anilines is 2. The topological polar surface area (TPSA) is 111 Å². The monoisotopic (exact) mass is 698 g/mol. The lowest BCUT2D eigenvalue weighted by Gasteiger charge is -2.34. The van der Waals surface area contributed by atoms with Gasteiger partial charge in [-0.25, -0.2) is 0 Å². The number of aryl methyl sites for hydroxylation is 3. The predicted molar refractivity (Wildman–Crippen MR) is 182 cm³/mol. The van der Waals surface area contributed by atoms with Crippen LogP contribution in [0, 0.1) is 34.4 Å². The van der Waals surface area contributed by atoms with Crippen LogP contribution >= 0.6 is 15.9 Å². The molecule has 2 aliphatic heterocycles. The molecule has 1 atom stereocenters. The maximum Gasteiger partial charge on any atom is 0.256 e. The molecule has 3 aromatic rings. The zero-order chi connectivity index (χ0) is 40.9. The van der Waals surface area contributed by atoms with Crippen molar-refractivity contribution in [2.75, 3.05) is 50.9 Å². The summed E-state index contributed by atoms with van der Waals surface area (Å²) in [6.07, 6.45) is -0.279. The van der Waals surface area contributed by atoms with Crippen molar-refractivity contribution in [1.29, 1.82) is 0 Å². The van der Waals surface area contributed by atoms with E-state index in [4.69, 9.17) is 17.1 Å². The Labute approximate surface area is 290 Å². The molecule has 0 bridgehead atoms. The van der Waals surface area contributed by atoms with Crippen molar-refractivity contribution < 1.29 is 36.3 Å². The van der Waals surface area contributed by atoms with Crippen LogP contribution in [0.15, 0.2) is 40.9 Å². The average molecular weight is 700 g/mol. The highest BCUT2D eigenvalue weighted by Crippen LogP contribution is 2.38. The maximum atomic E-state index is 14.1. The molecular weight excluding hydrogens is 650 g/mol. The fourth-order valence-electron chi connectivity index (χ4n) is 5.48. The summed E-state index contributed by atoms with van der Waals surface area (Å²) < 4.78 is 78.3. The first-order valence-electron chi connectivity index (χ1n) is 19.0. The third kappa shape index (κ3) is 6.80. The third-order valence-corrected chi connectivity index (χ3v) is 8.93. The van der Waals surface area contributed by atoms with Gasteiger partial charge in [0, 0.05) is 50.0 Å². The first kappa shape index (κ1) is 23.2. The van der Waals surface area contributed by atoms with E-state index >= 15 is 0 Å². The molecule has 2 heterocycles. The molecular formula is C35H40BrN5O5. The molecule has 242 valence electrons. The molecule has 0 radical (unpaired) electrons. The second-order valence-electron chi connectivity index (χ2n) is 11.6. The number of carbonyl (C=O) groups excluding carboxylic acids is 4. The number of nitrogens with zero attached hydrogens (tertiary/aromatic N) is 3. The number of hydrogen-bond donors (Lipinski definition) is 2. The molecule has 0 aromatic heterocycles. The van der Waals surface area contributed by atoms with E-state index in [1.165, 1.54) is 24.1 Å². The summed E-state index contributed by atoms with van der Waals surface area (Å²) in [6, 6.07) is 7.50. The van der Waals surface area contributed by atoms with Gasteiger partial charge in [0.05, 0.1) is 28.9 Å². The Balaban J connectivity index is 1.61. The number of amides is 4. The number of benzene rings is 3. The maximum absolute atomic E-state index is 14.1. The van der Waals surface area contributed by atoms with Gasteiger partial charge in [0.1, 0.15) is 11.8 Å². The van der Waals surface area contributed by atoms with Crippen LogP contribution in [0.25, 0.3) is 0 Å². The number of piperazine rings is 1. The highest BCUT2D eigenvalue weighted by atomic mass is 79.9. The number of halogens is 1. The summed E-state index contributed by atoms with van der Waals surface area (Å²) >= 11 is 3.09. The van der Waals surface area contributed by atoms with Crippen molar-refractivity contribution in [3.63, 3.8) is 0 Å². The Bertz CT molecular complexity index is 2040. The first-order valence-corrected chi connectivity index (χ1v) is 15.3. The zero-order valence-corrected chi connectivity index (χ0v) is 27.4. The molecule has 1 fully saturated rings. The van der Waals surface area contributed by atoms with E-state index < -0.39 is 71.0 Å². The lowest BCUT2D eigenvalue weighted by molar-refractivity contribution is -0.136. The Morgan fingerprint density at radius 2 is 1.67 bits per heavy atom. The summed E-state index contributed by atoms with van der Waals surface area (Å²) in [5.41, 5.74) is -1.67. The molecule has 1 saturated heterocycles. The van der Waals surface area contributed by atoms with Crippen LogP contribution in [0.1, 0.15) is 67.3 Å². The normalized spacial score (nSPS) is 20.6. The van der Waals surface area contributed by atoms with Crippen molar-refractivity contribution in [2.45, 2.75) is 46.9 Å². The molecule has 11 heteroatoms. The van der Waals surface area contributed by atoms with Crippen molar-refractivity contribution >= 4 is 50.9 Å². The van der Waals surface area contributed by atoms with Crippen molar-refractivity contribution in [3.05, 3.63) is 79.8 Å². The van der Waals surface area contributed by atoms with Crippen molar-refractivity contribution in [3.8, 4) is 11.5 Å². The highest BCUT2D eigenvalue weighted by molar-refractivity contribution is 9.10. The number of rotatable bonds is 6. The van der Waals surface area contributed by atoms with Crippen molar-refractivity contribution in [2.24, 2.45) is 0 Å². The van der Waals surface area contributed by atoms with Crippen LogP contribution in [-0.4, -0.2) is 84.6 Å². The molecule has 5 rings (SSSR count). The Hall–Kier alpha value is -4.22. The molecule has 4 amide bonds. The standard InChI is InChI=1S/C35H40BrN5O5/c1-19-12-20(2)14-24(13-19)46-30-16-25-27(17-28(30)38-33(43)26-15-21(3)22(4)23(5)32(26)36)37-34(44)29(40(7)35(25)45)18-31(42)41-10-8-39(6)9-11-41/h12-17,29H,8-11,18H2,1-7H3,(H,37,44)(H,38,43)/t29-/m0/s1/i3D3,4D3,5D3. The molecule has 3 aromatic carbocycles. The Kier molecular flexibility index (Phi) is 6.67. The first-order chi connectivity index (χ1) is 25.4.